The van der Waals surface area contributed by atoms with E-state index in [1.807, 2.05) is 43.4 Å². The fourth-order valence-corrected chi connectivity index (χ4v) is 3.32. The normalized spacial score (nSPS) is 14.0. The van der Waals surface area contributed by atoms with Gasteiger partial charge in [-0.15, -0.1) is 0 Å². The lowest BCUT2D eigenvalue weighted by molar-refractivity contribution is 0.143. The van der Waals surface area contributed by atoms with Crippen LogP contribution in [0.1, 0.15) is 23.1 Å². The first-order valence-electron chi connectivity index (χ1n) is 6.56. The van der Waals surface area contributed by atoms with Gasteiger partial charge in [0.2, 0.25) is 0 Å². The Bertz CT molecular complexity index is 621. The van der Waals surface area contributed by atoms with Gasteiger partial charge >= 0.3 is 0 Å². The summed E-state index contributed by atoms with van der Waals surface area (Å²) in [7, 11) is 1.87. The molecule has 5 heteroatoms. The van der Waals surface area contributed by atoms with Crippen molar-refractivity contribution in [2.75, 3.05) is 13.6 Å². The van der Waals surface area contributed by atoms with Crippen LogP contribution < -0.4 is 5.32 Å². The fraction of sp³-hybridized carbons (Fsp3) is 0.250. The fourth-order valence-electron chi connectivity index (χ4n) is 2.31. The minimum Gasteiger partial charge on any atom is -0.388 e. The number of hydrogen-bond donors (Lipinski definition) is 2. The van der Waals surface area contributed by atoms with Crippen molar-refractivity contribution in [3.8, 4) is 0 Å². The summed E-state index contributed by atoms with van der Waals surface area (Å²) in [6.07, 6.45) is -0.609. The second-order valence-electron chi connectivity index (χ2n) is 4.80. The Morgan fingerprint density at radius 2 is 1.86 bits per heavy atom. The second kappa shape index (κ2) is 7.79. The predicted octanol–water partition coefficient (Wildman–Crippen LogP) is 4.63. The highest BCUT2D eigenvalue weighted by Crippen LogP contribution is 2.35. The maximum Gasteiger partial charge on any atom is 0.0880 e. The standard InChI is InChI=1S/C16H16Cl2INO/c1-20-9-12(10-6-7-13(17)14(18)8-10)16(21)11-4-2-3-5-15(11)19/h2-8,12,16,20-21H,9H2,1H3/t12?,16-/m1/s1. The summed E-state index contributed by atoms with van der Waals surface area (Å²) in [5, 5.41) is 14.9. The summed E-state index contributed by atoms with van der Waals surface area (Å²) in [5.74, 6) is -0.0966. The molecule has 2 aromatic carbocycles. The first kappa shape index (κ1) is 17.0. The number of aliphatic hydroxyl groups excluding tert-OH is 1. The maximum atomic E-state index is 10.8. The van der Waals surface area contributed by atoms with Crippen LogP contribution >= 0.6 is 45.8 Å². The Labute approximate surface area is 148 Å². The molecule has 1 unspecified atom stereocenters. The van der Waals surface area contributed by atoms with Crippen LogP contribution in [-0.2, 0) is 0 Å². The van der Waals surface area contributed by atoms with Gasteiger partial charge in [-0.1, -0.05) is 47.5 Å². The lowest BCUT2D eigenvalue weighted by Gasteiger charge is -2.25. The molecule has 0 saturated carbocycles. The van der Waals surface area contributed by atoms with Crippen LogP contribution in [-0.4, -0.2) is 18.7 Å². The molecule has 2 atom stereocenters. The van der Waals surface area contributed by atoms with Crippen molar-refractivity contribution >= 4 is 45.8 Å². The van der Waals surface area contributed by atoms with Crippen molar-refractivity contribution in [1.29, 1.82) is 0 Å². The molecular weight excluding hydrogens is 420 g/mol. The summed E-state index contributed by atoms with van der Waals surface area (Å²) in [6.45, 7) is 0.643. The average Bonchev–Trinajstić information content (AvgIpc) is 2.48. The Morgan fingerprint density at radius 3 is 2.48 bits per heavy atom. The SMILES string of the molecule is CNCC(c1ccc(Cl)c(Cl)c1)[C@H](O)c1ccccc1I. The molecule has 0 aliphatic heterocycles. The number of aliphatic hydroxyl groups is 1. The number of benzene rings is 2. The van der Waals surface area contributed by atoms with Gasteiger partial charge in [-0.2, -0.15) is 0 Å². The molecule has 0 aliphatic rings. The zero-order valence-corrected chi connectivity index (χ0v) is 15.2. The summed E-state index contributed by atoms with van der Waals surface area (Å²) in [6, 6.07) is 13.3. The van der Waals surface area contributed by atoms with E-state index in [1.54, 1.807) is 6.07 Å². The molecule has 0 heterocycles. The van der Waals surface area contributed by atoms with Gasteiger partial charge in [0.25, 0.3) is 0 Å². The highest BCUT2D eigenvalue weighted by Gasteiger charge is 2.24. The zero-order valence-electron chi connectivity index (χ0n) is 11.5. The van der Waals surface area contributed by atoms with E-state index in [0.717, 1.165) is 14.7 Å². The predicted molar refractivity (Wildman–Crippen MR) is 97.2 cm³/mol. The number of halogens is 3. The van der Waals surface area contributed by atoms with Crippen LogP contribution in [0.2, 0.25) is 10.0 Å². The van der Waals surface area contributed by atoms with Crippen LogP contribution in [0.25, 0.3) is 0 Å². The number of hydrogen-bond acceptors (Lipinski definition) is 2. The molecular formula is C16H16Cl2INO. The van der Waals surface area contributed by atoms with Gasteiger partial charge in [-0.05, 0) is 59.0 Å². The third kappa shape index (κ3) is 4.11. The van der Waals surface area contributed by atoms with Crippen molar-refractivity contribution in [2.24, 2.45) is 0 Å². The number of nitrogens with one attached hydrogen (secondary N) is 1. The highest BCUT2D eigenvalue weighted by molar-refractivity contribution is 14.1. The van der Waals surface area contributed by atoms with E-state index in [4.69, 9.17) is 23.2 Å². The molecule has 0 radical (unpaired) electrons. The summed E-state index contributed by atoms with van der Waals surface area (Å²) in [4.78, 5) is 0. The molecule has 2 rings (SSSR count). The smallest absolute Gasteiger partial charge is 0.0880 e. The van der Waals surface area contributed by atoms with E-state index in [9.17, 15) is 5.11 Å². The minimum atomic E-state index is -0.609. The molecule has 0 aromatic heterocycles. The summed E-state index contributed by atoms with van der Waals surface area (Å²) >= 11 is 14.3. The molecule has 0 fully saturated rings. The second-order valence-corrected chi connectivity index (χ2v) is 6.78. The van der Waals surface area contributed by atoms with E-state index >= 15 is 0 Å². The van der Waals surface area contributed by atoms with Crippen molar-refractivity contribution in [1.82, 2.24) is 5.32 Å². The van der Waals surface area contributed by atoms with E-state index < -0.39 is 6.10 Å². The molecule has 0 bridgehead atoms. The number of rotatable bonds is 5. The van der Waals surface area contributed by atoms with E-state index in [-0.39, 0.29) is 5.92 Å². The first-order valence-corrected chi connectivity index (χ1v) is 8.40. The van der Waals surface area contributed by atoms with Crippen LogP contribution in [0.4, 0.5) is 0 Å². The van der Waals surface area contributed by atoms with Crippen molar-refractivity contribution in [3.05, 3.63) is 67.2 Å². The third-order valence-corrected chi connectivity index (χ3v) is 5.12. The van der Waals surface area contributed by atoms with E-state index in [2.05, 4.69) is 27.9 Å². The van der Waals surface area contributed by atoms with Gasteiger partial charge in [-0.25, -0.2) is 0 Å². The molecule has 0 aliphatic carbocycles. The average molecular weight is 436 g/mol. The van der Waals surface area contributed by atoms with Crippen LogP contribution in [0.15, 0.2) is 42.5 Å². The van der Waals surface area contributed by atoms with Crippen molar-refractivity contribution in [3.63, 3.8) is 0 Å². The molecule has 2 N–H and O–H groups in total. The van der Waals surface area contributed by atoms with E-state index in [1.165, 1.54) is 0 Å². The Balaban J connectivity index is 2.38. The van der Waals surface area contributed by atoms with Crippen molar-refractivity contribution < 1.29 is 5.11 Å². The Morgan fingerprint density at radius 1 is 1.14 bits per heavy atom. The quantitative estimate of drug-likeness (QED) is 0.670. The topological polar surface area (TPSA) is 32.3 Å². The third-order valence-electron chi connectivity index (χ3n) is 3.40. The molecule has 2 aromatic rings. The zero-order chi connectivity index (χ0) is 15.4. The maximum absolute atomic E-state index is 10.8. The van der Waals surface area contributed by atoms with Gasteiger partial charge in [0.05, 0.1) is 16.1 Å². The van der Waals surface area contributed by atoms with Gasteiger partial charge in [-0.3, -0.25) is 0 Å². The molecule has 0 amide bonds. The molecule has 0 spiro atoms. The summed E-state index contributed by atoms with van der Waals surface area (Å²) < 4.78 is 1.05. The highest BCUT2D eigenvalue weighted by atomic mass is 127. The lowest BCUT2D eigenvalue weighted by Crippen LogP contribution is -2.23. The van der Waals surface area contributed by atoms with Gasteiger partial charge in [0.1, 0.15) is 0 Å². The Hall–Kier alpha value is -0.330. The van der Waals surface area contributed by atoms with Crippen LogP contribution in [0.5, 0.6) is 0 Å². The molecule has 2 nitrogen and oxygen atoms in total. The van der Waals surface area contributed by atoms with Crippen LogP contribution in [0, 0.1) is 3.57 Å². The van der Waals surface area contributed by atoms with E-state index in [0.29, 0.717) is 16.6 Å². The largest absolute Gasteiger partial charge is 0.388 e. The first-order chi connectivity index (χ1) is 10.0. The molecule has 0 saturated heterocycles. The van der Waals surface area contributed by atoms with Crippen LogP contribution in [0.3, 0.4) is 0 Å². The lowest BCUT2D eigenvalue weighted by atomic mass is 9.89. The van der Waals surface area contributed by atoms with Gasteiger partial charge < -0.3 is 10.4 Å². The van der Waals surface area contributed by atoms with Crippen molar-refractivity contribution in [2.45, 2.75) is 12.0 Å². The Kier molecular flexibility index (Phi) is 6.32. The summed E-state index contributed by atoms with van der Waals surface area (Å²) in [5.41, 5.74) is 1.88. The number of likely N-dealkylation sites (N-methyl/N-ethyl adjacent to an activating group) is 1. The van der Waals surface area contributed by atoms with Gasteiger partial charge in [0, 0.05) is 16.0 Å². The molecule has 21 heavy (non-hydrogen) atoms. The monoisotopic (exact) mass is 435 g/mol. The van der Waals surface area contributed by atoms with Gasteiger partial charge in [0.15, 0.2) is 0 Å². The molecule has 112 valence electrons. The minimum absolute atomic E-state index is 0.0966.